The molecule has 9 heteroatoms. The Labute approximate surface area is 152 Å². The average Bonchev–Trinajstić information content (AvgIpc) is 3.08. The molecule has 8 nitrogen and oxygen atoms in total. The Kier molecular flexibility index (Phi) is 4.08. The lowest BCUT2D eigenvalue weighted by atomic mass is 10.2. The molecular formula is C17H16N6O2S. The highest BCUT2D eigenvalue weighted by Gasteiger charge is 2.22. The fourth-order valence-electron chi connectivity index (χ4n) is 2.64. The van der Waals surface area contributed by atoms with Gasteiger partial charge in [-0.05, 0) is 18.6 Å². The molecule has 0 spiro atoms. The van der Waals surface area contributed by atoms with Crippen molar-refractivity contribution in [3.8, 4) is 16.6 Å². The molecule has 2 aliphatic heterocycles. The molecule has 2 aliphatic rings. The number of aromatic nitrogens is 6. The predicted molar refractivity (Wildman–Crippen MR) is 99.1 cm³/mol. The highest BCUT2D eigenvalue weighted by atomic mass is 32.1. The minimum Gasteiger partial charge on any atom is -0.267 e. The number of hydrogen-bond donors (Lipinski definition) is 0. The fourth-order valence-corrected chi connectivity index (χ4v) is 3.56. The molecule has 0 aliphatic carbocycles. The van der Waals surface area contributed by atoms with Crippen LogP contribution in [0.1, 0.15) is 25.6 Å². The van der Waals surface area contributed by atoms with Crippen LogP contribution >= 0.6 is 11.3 Å². The van der Waals surface area contributed by atoms with E-state index in [1.807, 2.05) is 24.3 Å². The summed E-state index contributed by atoms with van der Waals surface area (Å²) in [7, 11) is 1.40. The summed E-state index contributed by atoms with van der Waals surface area (Å²) in [4.78, 5) is 37.5. The summed E-state index contributed by atoms with van der Waals surface area (Å²) < 4.78 is 3.42. The standard InChI is InChI=1S/C17H16N6O2S/c1-3-4-9-12-19-13-14(20-16(25)22(2)15(13)24)23(21-12)17-18-10-7-5-6-8-11(10)26-17/h5-8H,3-4,9H2,1-2H3. The zero-order chi connectivity index (χ0) is 18.3. The fraction of sp³-hybridized carbons (Fsp3) is 0.294. The van der Waals surface area contributed by atoms with Crippen molar-refractivity contribution < 1.29 is 0 Å². The van der Waals surface area contributed by atoms with E-state index in [2.05, 4.69) is 27.0 Å². The van der Waals surface area contributed by atoms with Crippen LogP contribution in [-0.2, 0) is 13.5 Å². The van der Waals surface area contributed by atoms with Crippen LogP contribution in [0.2, 0.25) is 0 Å². The average molecular weight is 368 g/mol. The van der Waals surface area contributed by atoms with E-state index in [0.717, 1.165) is 27.6 Å². The lowest BCUT2D eigenvalue weighted by Crippen LogP contribution is -2.37. The molecule has 1 aromatic carbocycles. The maximum atomic E-state index is 12.5. The molecule has 0 N–H and O–H groups in total. The van der Waals surface area contributed by atoms with Crippen LogP contribution in [-0.4, -0.2) is 29.3 Å². The SMILES string of the molecule is CCCCc1nc2c(=O)n(C)c(=O)nc-2n(-c2nc3ccccc3s2)n1. The molecule has 3 heterocycles. The highest BCUT2D eigenvalue weighted by Crippen LogP contribution is 2.26. The smallest absolute Gasteiger partial charge is 0.267 e. The number of hydrogen-bond acceptors (Lipinski definition) is 7. The summed E-state index contributed by atoms with van der Waals surface area (Å²) in [5.74, 6) is 0.675. The van der Waals surface area contributed by atoms with Gasteiger partial charge in [0.25, 0.3) is 5.56 Å². The molecule has 4 rings (SSSR count). The van der Waals surface area contributed by atoms with Gasteiger partial charge >= 0.3 is 5.69 Å². The Bertz CT molecular complexity index is 1160. The molecular weight excluding hydrogens is 352 g/mol. The Morgan fingerprint density at radius 3 is 2.69 bits per heavy atom. The number of thiazole rings is 1. The summed E-state index contributed by atoms with van der Waals surface area (Å²) in [6, 6.07) is 7.71. The number of unbranched alkanes of at least 4 members (excludes halogenated alkanes) is 1. The van der Waals surface area contributed by atoms with Gasteiger partial charge in [0.1, 0.15) is 5.82 Å². The molecule has 26 heavy (non-hydrogen) atoms. The number of fused-ring (bicyclic) bond motifs is 2. The Morgan fingerprint density at radius 2 is 1.92 bits per heavy atom. The van der Waals surface area contributed by atoms with E-state index >= 15 is 0 Å². The summed E-state index contributed by atoms with van der Waals surface area (Å²) in [6.45, 7) is 2.08. The Morgan fingerprint density at radius 1 is 1.12 bits per heavy atom. The van der Waals surface area contributed by atoms with Crippen molar-refractivity contribution in [3.05, 3.63) is 50.9 Å². The molecule has 0 saturated carbocycles. The van der Waals surface area contributed by atoms with Crippen LogP contribution in [0.15, 0.2) is 33.9 Å². The first-order chi connectivity index (χ1) is 12.6. The Balaban J connectivity index is 2.02. The minimum atomic E-state index is -0.637. The van der Waals surface area contributed by atoms with Gasteiger partial charge < -0.3 is 0 Å². The normalized spacial score (nSPS) is 11.5. The van der Waals surface area contributed by atoms with Gasteiger partial charge in [-0.25, -0.2) is 14.8 Å². The van der Waals surface area contributed by atoms with Crippen LogP contribution in [0.3, 0.4) is 0 Å². The molecule has 0 atom stereocenters. The maximum Gasteiger partial charge on any atom is 0.352 e. The Hall–Kier alpha value is -2.94. The van der Waals surface area contributed by atoms with Crippen molar-refractivity contribution in [1.82, 2.24) is 29.3 Å². The third kappa shape index (κ3) is 2.70. The van der Waals surface area contributed by atoms with Crippen molar-refractivity contribution in [3.63, 3.8) is 0 Å². The highest BCUT2D eigenvalue weighted by molar-refractivity contribution is 7.20. The number of rotatable bonds is 4. The summed E-state index contributed by atoms with van der Waals surface area (Å²) in [6.07, 6.45) is 2.52. The lowest BCUT2D eigenvalue weighted by Gasteiger charge is -2.12. The minimum absolute atomic E-state index is 0.132. The van der Waals surface area contributed by atoms with E-state index < -0.39 is 11.2 Å². The van der Waals surface area contributed by atoms with Crippen molar-refractivity contribution in [2.45, 2.75) is 26.2 Å². The molecule has 0 fully saturated rings. The van der Waals surface area contributed by atoms with Crippen molar-refractivity contribution in [2.24, 2.45) is 7.05 Å². The maximum absolute atomic E-state index is 12.5. The number of nitrogens with zero attached hydrogens (tertiary/aromatic N) is 6. The zero-order valence-corrected chi connectivity index (χ0v) is 15.2. The van der Waals surface area contributed by atoms with E-state index in [0.29, 0.717) is 17.4 Å². The van der Waals surface area contributed by atoms with E-state index in [1.54, 1.807) is 0 Å². The second-order valence-corrected chi connectivity index (χ2v) is 6.95. The van der Waals surface area contributed by atoms with Gasteiger partial charge in [-0.3, -0.25) is 9.36 Å². The van der Waals surface area contributed by atoms with E-state index in [-0.39, 0.29) is 11.5 Å². The number of benzene rings is 1. The summed E-state index contributed by atoms with van der Waals surface area (Å²) in [5, 5.41) is 5.07. The van der Waals surface area contributed by atoms with Crippen LogP contribution < -0.4 is 11.2 Å². The van der Waals surface area contributed by atoms with Gasteiger partial charge in [-0.1, -0.05) is 36.8 Å². The van der Waals surface area contributed by atoms with Gasteiger partial charge in [0, 0.05) is 13.5 Å². The second-order valence-electron chi connectivity index (χ2n) is 5.94. The third-order valence-electron chi connectivity index (χ3n) is 4.08. The molecule has 0 amide bonds. The van der Waals surface area contributed by atoms with E-state index in [4.69, 9.17) is 0 Å². The van der Waals surface area contributed by atoms with Crippen molar-refractivity contribution in [1.29, 1.82) is 0 Å². The van der Waals surface area contributed by atoms with Crippen molar-refractivity contribution in [2.75, 3.05) is 0 Å². The summed E-state index contributed by atoms with van der Waals surface area (Å²) >= 11 is 1.42. The topological polar surface area (TPSA) is 95.6 Å². The molecule has 0 bridgehead atoms. The third-order valence-corrected chi connectivity index (χ3v) is 5.09. The van der Waals surface area contributed by atoms with Gasteiger partial charge in [0.15, 0.2) is 11.5 Å². The lowest BCUT2D eigenvalue weighted by molar-refractivity contribution is 0.666. The predicted octanol–water partition coefficient (Wildman–Crippen LogP) is 1.78. The number of para-hydroxylation sites is 1. The van der Waals surface area contributed by atoms with Gasteiger partial charge in [-0.2, -0.15) is 9.67 Å². The quantitative estimate of drug-likeness (QED) is 0.545. The monoisotopic (exact) mass is 368 g/mol. The van der Waals surface area contributed by atoms with Gasteiger partial charge in [0.05, 0.1) is 10.2 Å². The first-order valence-corrected chi connectivity index (χ1v) is 9.13. The number of aryl methyl sites for hydroxylation is 1. The van der Waals surface area contributed by atoms with Crippen LogP contribution in [0, 0.1) is 0 Å². The molecule has 0 radical (unpaired) electrons. The second kappa shape index (κ2) is 6.41. The van der Waals surface area contributed by atoms with Gasteiger partial charge in [0.2, 0.25) is 5.13 Å². The molecule has 1 aromatic heterocycles. The first-order valence-electron chi connectivity index (χ1n) is 8.31. The van der Waals surface area contributed by atoms with E-state index in [9.17, 15) is 9.59 Å². The van der Waals surface area contributed by atoms with Crippen molar-refractivity contribution >= 4 is 21.6 Å². The largest absolute Gasteiger partial charge is 0.352 e. The van der Waals surface area contributed by atoms with Crippen LogP contribution in [0.4, 0.5) is 0 Å². The van der Waals surface area contributed by atoms with Crippen LogP contribution in [0.25, 0.3) is 26.9 Å². The van der Waals surface area contributed by atoms with E-state index in [1.165, 1.54) is 23.1 Å². The molecule has 0 saturated heterocycles. The molecule has 0 unspecified atom stereocenters. The first kappa shape index (κ1) is 16.5. The zero-order valence-electron chi connectivity index (χ0n) is 14.3. The molecule has 2 aromatic rings. The summed E-state index contributed by atoms with van der Waals surface area (Å²) in [5.41, 5.74) is -0.155. The molecule has 132 valence electrons. The van der Waals surface area contributed by atoms with Crippen LogP contribution in [0.5, 0.6) is 0 Å². The van der Waals surface area contributed by atoms with Gasteiger partial charge in [-0.15, -0.1) is 5.10 Å².